The SMILES string of the molecule is C=CC/C(C=O)=C(\CC)CCCCCCCCCC. The summed E-state index contributed by atoms with van der Waals surface area (Å²) in [7, 11) is 0. The van der Waals surface area contributed by atoms with E-state index in [1.807, 2.05) is 6.08 Å². The molecule has 0 radical (unpaired) electrons. The van der Waals surface area contributed by atoms with Gasteiger partial charge in [0.2, 0.25) is 0 Å². The smallest absolute Gasteiger partial charge is 0.146 e. The average Bonchev–Trinajstić information content (AvgIpc) is 2.44. The third-order valence-electron chi connectivity index (χ3n) is 3.72. The van der Waals surface area contributed by atoms with Crippen molar-refractivity contribution in [2.24, 2.45) is 0 Å². The maximum Gasteiger partial charge on any atom is 0.146 e. The van der Waals surface area contributed by atoms with Crippen LogP contribution in [0.25, 0.3) is 0 Å². The number of carbonyl (C=O) groups is 1. The van der Waals surface area contributed by atoms with Crippen molar-refractivity contribution in [3.8, 4) is 0 Å². The number of rotatable bonds is 13. The summed E-state index contributed by atoms with van der Waals surface area (Å²) in [6.45, 7) is 8.12. The van der Waals surface area contributed by atoms with E-state index in [2.05, 4.69) is 20.4 Å². The van der Waals surface area contributed by atoms with Crippen molar-refractivity contribution < 1.29 is 4.79 Å². The third-order valence-corrected chi connectivity index (χ3v) is 3.72. The van der Waals surface area contributed by atoms with Gasteiger partial charge < -0.3 is 0 Å². The topological polar surface area (TPSA) is 17.1 Å². The lowest BCUT2D eigenvalue weighted by molar-refractivity contribution is -0.105. The zero-order valence-electron chi connectivity index (χ0n) is 13.0. The van der Waals surface area contributed by atoms with Crippen LogP contribution in [0.2, 0.25) is 0 Å². The van der Waals surface area contributed by atoms with Gasteiger partial charge in [-0.2, -0.15) is 0 Å². The predicted molar refractivity (Wildman–Crippen MR) is 85.4 cm³/mol. The van der Waals surface area contributed by atoms with E-state index < -0.39 is 0 Å². The van der Waals surface area contributed by atoms with Gasteiger partial charge in [0, 0.05) is 0 Å². The molecule has 0 bridgehead atoms. The molecule has 0 unspecified atom stereocenters. The summed E-state index contributed by atoms with van der Waals surface area (Å²) in [5, 5.41) is 0. The van der Waals surface area contributed by atoms with Crippen LogP contribution in [0.15, 0.2) is 23.8 Å². The average molecular weight is 264 g/mol. The van der Waals surface area contributed by atoms with E-state index in [-0.39, 0.29) is 0 Å². The lowest BCUT2D eigenvalue weighted by atomic mass is 9.97. The molecule has 0 aromatic rings. The van der Waals surface area contributed by atoms with Gasteiger partial charge in [-0.15, -0.1) is 6.58 Å². The first-order valence-corrected chi connectivity index (χ1v) is 8.07. The fourth-order valence-corrected chi connectivity index (χ4v) is 2.47. The number of aldehydes is 1. The molecule has 0 rings (SSSR count). The first kappa shape index (κ1) is 18.1. The first-order chi connectivity index (χ1) is 9.29. The minimum atomic E-state index is 0.726. The first-order valence-electron chi connectivity index (χ1n) is 8.07. The quantitative estimate of drug-likeness (QED) is 0.172. The fraction of sp³-hybridized carbons (Fsp3) is 0.722. The van der Waals surface area contributed by atoms with E-state index in [0.717, 1.165) is 31.1 Å². The Morgan fingerprint density at radius 1 is 0.947 bits per heavy atom. The van der Waals surface area contributed by atoms with Gasteiger partial charge in [-0.25, -0.2) is 0 Å². The molecule has 19 heavy (non-hydrogen) atoms. The maximum absolute atomic E-state index is 11.0. The molecule has 0 aliphatic carbocycles. The summed E-state index contributed by atoms with van der Waals surface area (Å²) in [5.74, 6) is 0. The highest BCUT2D eigenvalue weighted by Gasteiger charge is 2.03. The van der Waals surface area contributed by atoms with Crippen LogP contribution in [0, 0.1) is 0 Å². The van der Waals surface area contributed by atoms with Gasteiger partial charge >= 0.3 is 0 Å². The minimum Gasteiger partial charge on any atom is -0.298 e. The van der Waals surface area contributed by atoms with E-state index in [4.69, 9.17) is 0 Å². The third kappa shape index (κ3) is 9.69. The normalized spacial score (nSPS) is 12.1. The standard InChI is InChI=1S/C18H32O/c1-4-7-8-9-10-11-12-13-15-17(6-3)18(16-19)14-5-2/h5,16H,2,4,6-15H2,1,3H3/b18-17-. The van der Waals surface area contributed by atoms with Gasteiger partial charge in [0.1, 0.15) is 6.29 Å². The summed E-state index contributed by atoms with van der Waals surface area (Å²) in [4.78, 5) is 11.0. The molecule has 0 aliphatic heterocycles. The summed E-state index contributed by atoms with van der Waals surface area (Å²) in [6.07, 6.45) is 16.4. The molecule has 0 aromatic heterocycles. The van der Waals surface area contributed by atoms with E-state index in [9.17, 15) is 4.79 Å². The highest BCUT2D eigenvalue weighted by molar-refractivity contribution is 5.75. The largest absolute Gasteiger partial charge is 0.298 e. The van der Waals surface area contributed by atoms with Gasteiger partial charge in [-0.1, -0.05) is 70.4 Å². The molecule has 1 nitrogen and oxygen atoms in total. The van der Waals surface area contributed by atoms with Crippen molar-refractivity contribution in [2.45, 2.75) is 84.5 Å². The molecule has 0 atom stereocenters. The van der Waals surface area contributed by atoms with Crippen LogP contribution >= 0.6 is 0 Å². The Labute approximate surface area is 120 Å². The second kappa shape index (κ2) is 13.6. The van der Waals surface area contributed by atoms with E-state index in [1.165, 1.54) is 56.9 Å². The van der Waals surface area contributed by atoms with Crippen molar-refractivity contribution in [2.75, 3.05) is 0 Å². The maximum atomic E-state index is 11.0. The molecule has 110 valence electrons. The van der Waals surface area contributed by atoms with Gasteiger partial charge in [0.15, 0.2) is 0 Å². The number of unbranched alkanes of at least 4 members (excludes halogenated alkanes) is 7. The number of hydrogen-bond acceptors (Lipinski definition) is 1. The zero-order valence-corrected chi connectivity index (χ0v) is 13.0. The van der Waals surface area contributed by atoms with Gasteiger partial charge in [-0.05, 0) is 31.3 Å². The molecule has 0 aliphatic rings. The van der Waals surface area contributed by atoms with Crippen molar-refractivity contribution >= 4 is 6.29 Å². The van der Waals surface area contributed by atoms with Crippen LogP contribution in [-0.2, 0) is 4.79 Å². The van der Waals surface area contributed by atoms with Crippen molar-refractivity contribution in [3.05, 3.63) is 23.8 Å². The van der Waals surface area contributed by atoms with Crippen LogP contribution in [0.4, 0.5) is 0 Å². The molecule has 0 spiro atoms. The van der Waals surface area contributed by atoms with E-state index in [1.54, 1.807) is 0 Å². The molecule has 1 heteroatoms. The highest BCUT2D eigenvalue weighted by atomic mass is 16.1. The molecule has 0 saturated carbocycles. The summed E-state index contributed by atoms with van der Waals surface area (Å²) in [6, 6.07) is 0. The summed E-state index contributed by atoms with van der Waals surface area (Å²) >= 11 is 0. The van der Waals surface area contributed by atoms with Crippen molar-refractivity contribution in [1.29, 1.82) is 0 Å². The minimum absolute atomic E-state index is 0.726. The second-order valence-electron chi connectivity index (χ2n) is 5.32. The van der Waals surface area contributed by atoms with Gasteiger partial charge in [0.25, 0.3) is 0 Å². The summed E-state index contributed by atoms with van der Waals surface area (Å²) < 4.78 is 0. The predicted octanol–water partition coefficient (Wildman–Crippen LogP) is 6.00. The van der Waals surface area contributed by atoms with Gasteiger partial charge in [-0.3, -0.25) is 4.79 Å². The Balaban J connectivity index is 3.77. The second-order valence-corrected chi connectivity index (χ2v) is 5.32. The molecule has 0 aromatic carbocycles. The Bertz CT molecular complexity index is 263. The Morgan fingerprint density at radius 2 is 1.53 bits per heavy atom. The van der Waals surface area contributed by atoms with E-state index >= 15 is 0 Å². The van der Waals surface area contributed by atoms with Crippen LogP contribution in [0.3, 0.4) is 0 Å². The lowest BCUT2D eigenvalue weighted by Gasteiger charge is -2.08. The Hall–Kier alpha value is -0.850. The number of allylic oxidation sites excluding steroid dienone is 3. The molecule has 0 N–H and O–H groups in total. The number of carbonyl (C=O) groups excluding carboxylic acids is 1. The molecule has 0 saturated heterocycles. The Kier molecular flexibility index (Phi) is 13.0. The number of hydrogen-bond donors (Lipinski definition) is 0. The van der Waals surface area contributed by atoms with Crippen LogP contribution in [0.1, 0.15) is 84.5 Å². The van der Waals surface area contributed by atoms with Crippen LogP contribution < -0.4 is 0 Å². The molecule has 0 heterocycles. The molecular weight excluding hydrogens is 232 g/mol. The van der Waals surface area contributed by atoms with E-state index in [0.29, 0.717) is 0 Å². The molecule has 0 amide bonds. The van der Waals surface area contributed by atoms with Crippen LogP contribution in [-0.4, -0.2) is 6.29 Å². The Morgan fingerprint density at radius 3 is 2.00 bits per heavy atom. The lowest BCUT2D eigenvalue weighted by Crippen LogP contribution is -1.93. The zero-order chi connectivity index (χ0) is 14.3. The fourth-order valence-electron chi connectivity index (χ4n) is 2.47. The monoisotopic (exact) mass is 264 g/mol. The highest BCUT2D eigenvalue weighted by Crippen LogP contribution is 2.19. The van der Waals surface area contributed by atoms with Crippen molar-refractivity contribution in [1.82, 2.24) is 0 Å². The molecular formula is C18H32O. The van der Waals surface area contributed by atoms with Crippen molar-refractivity contribution in [3.63, 3.8) is 0 Å². The summed E-state index contributed by atoms with van der Waals surface area (Å²) in [5.41, 5.74) is 2.29. The van der Waals surface area contributed by atoms with Crippen LogP contribution in [0.5, 0.6) is 0 Å². The molecule has 0 fully saturated rings. The van der Waals surface area contributed by atoms with Gasteiger partial charge in [0.05, 0.1) is 0 Å².